The van der Waals surface area contributed by atoms with Crippen LogP contribution in [0.25, 0.3) is 0 Å². The van der Waals surface area contributed by atoms with Crippen LogP contribution in [0.15, 0.2) is 90.1 Å². The zero-order chi connectivity index (χ0) is 26.8. The first-order valence-corrected chi connectivity index (χ1v) is 12.6. The van der Waals surface area contributed by atoms with Crippen LogP contribution in [0.1, 0.15) is 17.2 Å². The highest BCUT2D eigenvalue weighted by atomic mass is 35.5. The molecular formula is C29H27ClN4O4. The lowest BCUT2D eigenvalue weighted by Gasteiger charge is -2.31. The normalized spacial score (nSPS) is 17.7. The number of nitrogens with zero attached hydrogens (tertiary/aromatic N) is 2. The van der Waals surface area contributed by atoms with Gasteiger partial charge in [0.25, 0.3) is 5.91 Å². The molecule has 194 valence electrons. The van der Waals surface area contributed by atoms with Crippen molar-refractivity contribution >= 4 is 35.1 Å². The molecule has 4 amide bonds. The van der Waals surface area contributed by atoms with Crippen molar-refractivity contribution in [2.24, 2.45) is 0 Å². The van der Waals surface area contributed by atoms with E-state index in [0.29, 0.717) is 34.2 Å². The summed E-state index contributed by atoms with van der Waals surface area (Å²) in [5.74, 6) is 0.0543. The van der Waals surface area contributed by atoms with Crippen molar-refractivity contribution in [3.8, 4) is 5.75 Å². The second kappa shape index (κ2) is 10.6. The molecule has 0 saturated heterocycles. The van der Waals surface area contributed by atoms with Crippen molar-refractivity contribution in [3.05, 3.63) is 106 Å². The molecule has 0 saturated carbocycles. The summed E-state index contributed by atoms with van der Waals surface area (Å²) in [6.07, 6.45) is 0.311. The van der Waals surface area contributed by atoms with Gasteiger partial charge in [0.1, 0.15) is 11.8 Å². The molecule has 0 spiro atoms. The predicted octanol–water partition coefficient (Wildman–Crippen LogP) is 4.39. The van der Waals surface area contributed by atoms with Gasteiger partial charge in [0.2, 0.25) is 5.91 Å². The minimum absolute atomic E-state index is 0.135. The quantitative estimate of drug-likeness (QED) is 0.474. The maximum Gasteiger partial charge on any atom is 0.322 e. The van der Waals surface area contributed by atoms with Crippen molar-refractivity contribution in [1.82, 2.24) is 15.1 Å². The summed E-state index contributed by atoms with van der Waals surface area (Å²) in [5.41, 5.74) is 3.27. The van der Waals surface area contributed by atoms with E-state index in [4.69, 9.17) is 16.3 Å². The predicted molar refractivity (Wildman–Crippen MR) is 145 cm³/mol. The summed E-state index contributed by atoms with van der Waals surface area (Å²) in [6.45, 7) is 0.135. The first-order valence-electron chi connectivity index (χ1n) is 12.2. The summed E-state index contributed by atoms with van der Waals surface area (Å²) in [6, 6.07) is 21.8. The fraction of sp³-hybridized carbons (Fsp3) is 0.207. The number of nitrogens with one attached hydrogen (secondary N) is 2. The summed E-state index contributed by atoms with van der Waals surface area (Å²) >= 11 is 6.07. The molecule has 5 rings (SSSR count). The average Bonchev–Trinajstić information content (AvgIpc) is 3.27. The van der Waals surface area contributed by atoms with Gasteiger partial charge in [0.05, 0.1) is 31.0 Å². The van der Waals surface area contributed by atoms with E-state index in [0.717, 1.165) is 11.1 Å². The number of carbonyl (C=O) groups excluding carboxylic acids is 3. The number of hydrogen-bond acceptors (Lipinski definition) is 4. The zero-order valence-electron chi connectivity index (χ0n) is 21.0. The van der Waals surface area contributed by atoms with Crippen molar-refractivity contribution in [3.63, 3.8) is 0 Å². The smallest absolute Gasteiger partial charge is 0.322 e. The van der Waals surface area contributed by atoms with Crippen LogP contribution < -0.4 is 15.4 Å². The van der Waals surface area contributed by atoms with E-state index in [1.807, 2.05) is 30.3 Å². The molecule has 0 fully saturated rings. The van der Waals surface area contributed by atoms with Gasteiger partial charge in [0.15, 0.2) is 0 Å². The van der Waals surface area contributed by atoms with Gasteiger partial charge in [-0.1, -0.05) is 54.1 Å². The van der Waals surface area contributed by atoms with Crippen LogP contribution in [0.3, 0.4) is 0 Å². The number of ether oxygens (including phenoxy) is 1. The molecule has 3 aromatic carbocycles. The van der Waals surface area contributed by atoms with Crippen LogP contribution in [-0.4, -0.2) is 54.4 Å². The van der Waals surface area contributed by atoms with Crippen LogP contribution >= 0.6 is 11.6 Å². The van der Waals surface area contributed by atoms with Crippen molar-refractivity contribution in [1.29, 1.82) is 0 Å². The second-order valence-electron chi connectivity index (χ2n) is 9.21. The number of benzene rings is 3. The molecule has 2 aliphatic heterocycles. The Labute approximate surface area is 225 Å². The molecule has 9 heteroatoms. The summed E-state index contributed by atoms with van der Waals surface area (Å²) in [7, 11) is 3.20. The highest BCUT2D eigenvalue weighted by molar-refractivity contribution is 6.30. The Hall–Kier alpha value is -4.30. The summed E-state index contributed by atoms with van der Waals surface area (Å²) < 4.78 is 5.21. The molecule has 3 aromatic rings. The Bertz CT molecular complexity index is 1390. The van der Waals surface area contributed by atoms with Gasteiger partial charge in [0, 0.05) is 24.2 Å². The third kappa shape index (κ3) is 4.95. The molecule has 38 heavy (non-hydrogen) atoms. The van der Waals surface area contributed by atoms with Gasteiger partial charge in [-0.05, 0) is 47.5 Å². The molecule has 0 radical (unpaired) electrons. The number of anilines is 1. The van der Waals surface area contributed by atoms with E-state index in [-0.39, 0.29) is 24.4 Å². The van der Waals surface area contributed by atoms with Gasteiger partial charge in [-0.15, -0.1) is 0 Å². The summed E-state index contributed by atoms with van der Waals surface area (Å²) in [5, 5.41) is 6.42. The third-order valence-electron chi connectivity index (χ3n) is 6.90. The monoisotopic (exact) mass is 530 g/mol. The molecule has 0 unspecified atom stereocenters. The molecule has 0 aliphatic carbocycles. The number of urea groups is 1. The van der Waals surface area contributed by atoms with E-state index in [9.17, 15) is 14.4 Å². The van der Waals surface area contributed by atoms with Crippen LogP contribution in [-0.2, 0) is 16.0 Å². The topological polar surface area (TPSA) is 91.0 Å². The number of rotatable bonds is 7. The molecule has 8 nitrogen and oxygen atoms in total. The molecule has 0 aromatic heterocycles. The highest BCUT2D eigenvalue weighted by Crippen LogP contribution is 2.37. The first-order chi connectivity index (χ1) is 18.4. The number of halogens is 1. The maximum absolute atomic E-state index is 14.0. The van der Waals surface area contributed by atoms with Crippen molar-refractivity contribution < 1.29 is 19.1 Å². The van der Waals surface area contributed by atoms with E-state index in [1.54, 1.807) is 67.6 Å². The Balaban J connectivity index is 1.47. The fourth-order valence-corrected chi connectivity index (χ4v) is 4.95. The Morgan fingerprint density at radius 1 is 1.05 bits per heavy atom. The standard InChI is InChI=1S/C29H27ClN4O4/c1-33-24-17-34(28(36)25(24)26(32-29(33)37)19-8-10-20(30)11-9-19)23(16-18-6-4-3-5-7-18)27(35)31-21-12-14-22(38-2)15-13-21/h3-15,23,26H,16-17H2,1-2H3,(H,31,35)(H,32,37)/t23-,26-/m1/s1. The van der Waals surface area contributed by atoms with Crippen LogP contribution in [0, 0.1) is 0 Å². The molecule has 2 atom stereocenters. The third-order valence-corrected chi connectivity index (χ3v) is 7.15. The van der Waals surface area contributed by atoms with Gasteiger partial charge in [-0.2, -0.15) is 0 Å². The molecule has 2 heterocycles. The first kappa shape index (κ1) is 25.4. The molecule has 0 bridgehead atoms. The Morgan fingerprint density at radius 3 is 2.39 bits per heavy atom. The minimum Gasteiger partial charge on any atom is -0.497 e. The lowest BCUT2D eigenvalue weighted by atomic mass is 9.95. The average molecular weight is 531 g/mol. The lowest BCUT2D eigenvalue weighted by molar-refractivity contribution is -0.134. The van der Waals surface area contributed by atoms with Gasteiger partial charge in [-0.3, -0.25) is 14.5 Å². The number of hydrogen-bond donors (Lipinski definition) is 2. The maximum atomic E-state index is 14.0. The number of carbonyl (C=O) groups is 3. The fourth-order valence-electron chi connectivity index (χ4n) is 4.83. The van der Waals surface area contributed by atoms with E-state index >= 15 is 0 Å². The zero-order valence-corrected chi connectivity index (χ0v) is 21.7. The number of amides is 4. The van der Waals surface area contributed by atoms with Gasteiger partial charge >= 0.3 is 6.03 Å². The van der Waals surface area contributed by atoms with E-state index in [1.165, 1.54) is 4.90 Å². The van der Waals surface area contributed by atoms with Crippen LogP contribution in [0.5, 0.6) is 5.75 Å². The van der Waals surface area contributed by atoms with Crippen LogP contribution in [0.4, 0.5) is 10.5 Å². The minimum atomic E-state index is -0.813. The SMILES string of the molecule is COc1ccc(NC(=O)[C@@H](Cc2ccccc2)N2CC3=C(C2=O)[C@@H](c2ccc(Cl)cc2)NC(=O)N3C)cc1. The lowest BCUT2D eigenvalue weighted by Crippen LogP contribution is -2.47. The molecule has 2 aliphatic rings. The number of methoxy groups -OCH3 is 1. The largest absolute Gasteiger partial charge is 0.497 e. The highest BCUT2D eigenvalue weighted by Gasteiger charge is 2.46. The van der Waals surface area contributed by atoms with Crippen LogP contribution in [0.2, 0.25) is 5.02 Å². The van der Waals surface area contributed by atoms with Crippen molar-refractivity contribution in [2.45, 2.75) is 18.5 Å². The van der Waals surface area contributed by atoms with Gasteiger partial charge in [-0.25, -0.2) is 4.79 Å². The van der Waals surface area contributed by atoms with Crippen molar-refractivity contribution in [2.75, 3.05) is 26.0 Å². The Kier molecular flexibility index (Phi) is 7.07. The Morgan fingerprint density at radius 2 is 1.74 bits per heavy atom. The van der Waals surface area contributed by atoms with Gasteiger partial charge < -0.3 is 20.3 Å². The van der Waals surface area contributed by atoms with E-state index < -0.39 is 12.1 Å². The molecule has 2 N–H and O–H groups in total. The molecular weight excluding hydrogens is 504 g/mol. The number of likely N-dealkylation sites (N-methyl/N-ethyl adjacent to an activating group) is 1. The van der Waals surface area contributed by atoms with E-state index in [2.05, 4.69) is 10.6 Å². The summed E-state index contributed by atoms with van der Waals surface area (Å²) in [4.78, 5) is 43.5. The second-order valence-corrected chi connectivity index (χ2v) is 9.65.